The van der Waals surface area contributed by atoms with Gasteiger partial charge in [0.1, 0.15) is 3.70 Å². The van der Waals surface area contributed by atoms with Crippen LogP contribution in [0.4, 0.5) is 8.78 Å². The summed E-state index contributed by atoms with van der Waals surface area (Å²) in [7, 11) is 1.22. The molecule has 0 saturated heterocycles. The molecule has 7 heteroatoms. The third-order valence-electron chi connectivity index (χ3n) is 2.16. The number of ether oxygens (including phenoxy) is 1. The Hall–Kier alpha value is -0.310. The standard InChI is InChI=1S/C10H9BrF2INO2/c1-17-7(16)2-6-8(9(12)13)5(3-11)4-15-10(6)14/h4,9H,2-3H2,1H3. The first kappa shape index (κ1) is 14.7. The van der Waals surface area contributed by atoms with Crippen molar-refractivity contribution in [3.8, 4) is 0 Å². The molecule has 3 nitrogen and oxygen atoms in total. The smallest absolute Gasteiger partial charge is 0.310 e. The molecule has 1 heterocycles. The van der Waals surface area contributed by atoms with Gasteiger partial charge < -0.3 is 4.74 Å². The fourth-order valence-electron chi connectivity index (χ4n) is 1.35. The molecule has 0 N–H and O–H groups in total. The summed E-state index contributed by atoms with van der Waals surface area (Å²) in [5, 5.41) is 0.269. The van der Waals surface area contributed by atoms with Gasteiger partial charge in [-0.25, -0.2) is 13.8 Å². The summed E-state index contributed by atoms with van der Waals surface area (Å²) in [6.45, 7) is 0. The molecule has 94 valence electrons. The van der Waals surface area contributed by atoms with Crippen LogP contribution in [-0.4, -0.2) is 18.1 Å². The normalized spacial score (nSPS) is 10.7. The van der Waals surface area contributed by atoms with Gasteiger partial charge in [0.15, 0.2) is 0 Å². The van der Waals surface area contributed by atoms with Crippen molar-refractivity contribution < 1.29 is 18.3 Å². The predicted octanol–water partition coefficient (Wildman–Crippen LogP) is 3.23. The van der Waals surface area contributed by atoms with Gasteiger partial charge in [-0.05, 0) is 28.2 Å². The van der Waals surface area contributed by atoms with Crippen molar-refractivity contribution in [3.63, 3.8) is 0 Å². The number of carbonyl (C=O) groups is 1. The molecule has 0 radical (unpaired) electrons. The molecule has 0 aliphatic carbocycles. The Morgan fingerprint density at radius 1 is 1.65 bits per heavy atom. The molecule has 0 bridgehead atoms. The summed E-state index contributed by atoms with van der Waals surface area (Å²) in [6.07, 6.45) is -1.44. The van der Waals surface area contributed by atoms with Gasteiger partial charge in [-0.3, -0.25) is 4.79 Å². The summed E-state index contributed by atoms with van der Waals surface area (Å²) in [5.74, 6) is -0.557. The first-order chi connectivity index (χ1) is 8.01. The van der Waals surface area contributed by atoms with Gasteiger partial charge in [0, 0.05) is 22.7 Å². The van der Waals surface area contributed by atoms with Crippen LogP contribution in [0.3, 0.4) is 0 Å². The first-order valence-electron chi connectivity index (χ1n) is 4.58. The Kier molecular flexibility index (Phi) is 5.71. The van der Waals surface area contributed by atoms with E-state index in [4.69, 9.17) is 0 Å². The second-order valence-corrected chi connectivity index (χ2v) is 4.74. The van der Waals surface area contributed by atoms with Crippen molar-refractivity contribution in [2.75, 3.05) is 7.11 Å². The lowest BCUT2D eigenvalue weighted by atomic mass is 10.0. The second-order valence-electron chi connectivity index (χ2n) is 3.15. The van der Waals surface area contributed by atoms with Crippen molar-refractivity contribution in [1.29, 1.82) is 0 Å². The van der Waals surface area contributed by atoms with Crippen molar-refractivity contribution in [2.24, 2.45) is 0 Å². The van der Waals surface area contributed by atoms with Crippen LogP contribution in [-0.2, 0) is 21.3 Å². The highest BCUT2D eigenvalue weighted by molar-refractivity contribution is 14.1. The fraction of sp³-hybridized carbons (Fsp3) is 0.400. The number of alkyl halides is 3. The lowest BCUT2D eigenvalue weighted by Crippen LogP contribution is -2.11. The van der Waals surface area contributed by atoms with Gasteiger partial charge in [-0.2, -0.15) is 0 Å². The largest absolute Gasteiger partial charge is 0.469 e. The van der Waals surface area contributed by atoms with Gasteiger partial charge >= 0.3 is 5.97 Å². The van der Waals surface area contributed by atoms with E-state index >= 15 is 0 Å². The van der Waals surface area contributed by atoms with E-state index in [1.165, 1.54) is 13.3 Å². The molecule has 0 saturated carbocycles. The molecule has 0 aliphatic heterocycles. The average Bonchev–Trinajstić information content (AvgIpc) is 2.30. The predicted molar refractivity (Wildman–Crippen MR) is 70.3 cm³/mol. The van der Waals surface area contributed by atoms with Crippen LogP contribution in [0, 0.1) is 3.70 Å². The van der Waals surface area contributed by atoms with Crippen LogP contribution in [0.15, 0.2) is 6.20 Å². The van der Waals surface area contributed by atoms with E-state index in [-0.39, 0.29) is 22.9 Å². The van der Waals surface area contributed by atoms with Crippen LogP contribution in [0.25, 0.3) is 0 Å². The minimum absolute atomic E-state index is 0.133. The minimum atomic E-state index is -2.64. The zero-order chi connectivity index (χ0) is 13.0. The van der Waals surface area contributed by atoms with Crippen LogP contribution in [0.5, 0.6) is 0 Å². The number of methoxy groups -OCH3 is 1. The lowest BCUT2D eigenvalue weighted by molar-refractivity contribution is -0.139. The molecule has 0 fully saturated rings. The van der Waals surface area contributed by atoms with Gasteiger partial charge in [0.2, 0.25) is 0 Å². The highest BCUT2D eigenvalue weighted by Gasteiger charge is 2.22. The molecular weight excluding hydrogens is 411 g/mol. The number of carbonyl (C=O) groups excluding carboxylic acids is 1. The van der Waals surface area contributed by atoms with Gasteiger partial charge in [-0.1, -0.05) is 15.9 Å². The third kappa shape index (κ3) is 3.57. The van der Waals surface area contributed by atoms with Gasteiger partial charge in [-0.15, -0.1) is 0 Å². The Morgan fingerprint density at radius 3 is 2.76 bits per heavy atom. The van der Waals surface area contributed by atoms with E-state index in [0.717, 1.165) is 0 Å². The molecule has 0 spiro atoms. The fourth-order valence-corrected chi connectivity index (χ4v) is 2.42. The lowest BCUT2D eigenvalue weighted by Gasteiger charge is -2.13. The molecule has 0 unspecified atom stereocenters. The zero-order valence-electron chi connectivity index (χ0n) is 8.84. The Labute approximate surface area is 119 Å². The molecule has 1 aromatic heterocycles. The summed E-state index contributed by atoms with van der Waals surface area (Å²) in [6, 6.07) is 0. The molecule has 1 rings (SSSR count). The van der Waals surface area contributed by atoms with E-state index in [1.807, 2.05) is 22.6 Å². The molecule has 0 amide bonds. The van der Waals surface area contributed by atoms with Gasteiger partial charge in [0.05, 0.1) is 13.5 Å². The SMILES string of the molecule is COC(=O)Cc1c(I)ncc(CBr)c1C(F)F. The maximum absolute atomic E-state index is 13.0. The first-order valence-corrected chi connectivity index (χ1v) is 6.78. The van der Waals surface area contributed by atoms with Crippen molar-refractivity contribution in [3.05, 3.63) is 26.6 Å². The summed E-state index contributed by atoms with van der Waals surface area (Å²) < 4.78 is 30.9. The number of hydrogen-bond acceptors (Lipinski definition) is 3. The number of pyridine rings is 1. The highest BCUT2D eigenvalue weighted by atomic mass is 127. The van der Waals surface area contributed by atoms with Crippen molar-refractivity contribution >= 4 is 44.5 Å². The second kappa shape index (κ2) is 6.58. The Balaban J connectivity index is 3.28. The summed E-state index contributed by atoms with van der Waals surface area (Å²) >= 11 is 4.96. The number of aromatic nitrogens is 1. The minimum Gasteiger partial charge on any atom is -0.469 e. The number of halogens is 4. The van der Waals surface area contributed by atoms with E-state index in [0.29, 0.717) is 9.26 Å². The quantitative estimate of drug-likeness (QED) is 0.325. The summed E-state index contributed by atoms with van der Waals surface area (Å²) in [5.41, 5.74) is 0.496. The van der Waals surface area contributed by atoms with Crippen LogP contribution in [0.1, 0.15) is 23.1 Å². The Morgan fingerprint density at radius 2 is 2.29 bits per heavy atom. The number of rotatable bonds is 4. The maximum Gasteiger partial charge on any atom is 0.310 e. The average molecular weight is 420 g/mol. The molecular formula is C10H9BrF2INO2. The highest BCUT2D eigenvalue weighted by Crippen LogP contribution is 2.30. The maximum atomic E-state index is 13.0. The van der Waals surface area contributed by atoms with Crippen molar-refractivity contribution in [2.45, 2.75) is 18.2 Å². The number of esters is 1. The van der Waals surface area contributed by atoms with E-state index in [9.17, 15) is 13.6 Å². The Bertz CT molecular complexity index is 429. The molecule has 0 aromatic carbocycles. The number of nitrogens with zero attached hydrogens (tertiary/aromatic N) is 1. The summed E-state index contributed by atoms with van der Waals surface area (Å²) in [4.78, 5) is 15.2. The van der Waals surface area contributed by atoms with E-state index < -0.39 is 12.4 Å². The zero-order valence-corrected chi connectivity index (χ0v) is 12.6. The monoisotopic (exact) mass is 419 g/mol. The topological polar surface area (TPSA) is 39.2 Å². The third-order valence-corrected chi connectivity index (χ3v) is 3.70. The van der Waals surface area contributed by atoms with E-state index in [1.54, 1.807) is 0 Å². The number of hydrogen-bond donors (Lipinski definition) is 0. The molecule has 0 aliphatic rings. The van der Waals surface area contributed by atoms with Crippen LogP contribution in [0.2, 0.25) is 0 Å². The molecule has 1 aromatic rings. The van der Waals surface area contributed by atoms with Crippen molar-refractivity contribution in [1.82, 2.24) is 4.98 Å². The molecule has 17 heavy (non-hydrogen) atoms. The van der Waals surface area contributed by atoms with Gasteiger partial charge in [0.25, 0.3) is 6.43 Å². The van der Waals surface area contributed by atoms with Crippen LogP contribution >= 0.6 is 38.5 Å². The molecule has 0 atom stereocenters. The van der Waals surface area contributed by atoms with E-state index in [2.05, 4.69) is 25.7 Å². The van der Waals surface area contributed by atoms with Crippen LogP contribution < -0.4 is 0 Å².